The molecular formula is C19H17N3O4S. The van der Waals surface area contributed by atoms with Gasteiger partial charge in [-0.15, -0.1) is 0 Å². The molecule has 2 amide bonds. The van der Waals surface area contributed by atoms with Gasteiger partial charge in [0.05, 0.1) is 14.2 Å². The minimum atomic E-state index is -0.608. The Morgan fingerprint density at radius 2 is 1.67 bits per heavy atom. The summed E-state index contributed by atoms with van der Waals surface area (Å²) in [6.07, 6.45) is -0.608. The molecular weight excluding hydrogens is 366 g/mol. The number of aromatic nitrogens is 1. The molecule has 0 unspecified atom stereocenters. The van der Waals surface area contributed by atoms with Crippen LogP contribution in [-0.2, 0) is 4.74 Å². The molecule has 8 heteroatoms. The zero-order chi connectivity index (χ0) is 19.2. The SMILES string of the molecule is COC(=O)Nc1sc(NC(=O)c2ccc(OC)cc2)nc1-c1ccccc1. The molecule has 1 heterocycles. The van der Waals surface area contributed by atoms with Crippen molar-refractivity contribution in [3.8, 4) is 17.0 Å². The molecule has 0 fully saturated rings. The number of rotatable bonds is 5. The standard InChI is InChI=1S/C19H17N3O4S/c1-25-14-10-8-13(9-11-14)16(23)21-18-20-15(12-6-4-3-5-7-12)17(27-18)22-19(24)26-2/h3-11H,1-2H3,(H,22,24)(H,20,21,23). The van der Waals surface area contributed by atoms with Gasteiger partial charge in [-0.3, -0.25) is 15.4 Å². The Hall–Kier alpha value is -3.39. The lowest BCUT2D eigenvalue weighted by Gasteiger charge is -2.03. The van der Waals surface area contributed by atoms with Crippen molar-refractivity contribution in [1.29, 1.82) is 0 Å². The fourth-order valence-electron chi connectivity index (χ4n) is 2.31. The van der Waals surface area contributed by atoms with Gasteiger partial charge < -0.3 is 9.47 Å². The molecule has 138 valence electrons. The van der Waals surface area contributed by atoms with Crippen molar-refractivity contribution in [2.24, 2.45) is 0 Å². The highest BCUT2D eigenvalue weighted by Gasteiger charge is 2.17. The molecule has 0 aliphatic carbocycles. The Balaban J connectivity index is 1.86. The van der Waals surface area contributed by atoms with Crippen LogP contribution in [0.4, 0.5) is 14.9 Å². The summed E-state index contributed by atoms with van der Waals surface area (Å²) in [6.45, 7) is 0. The lowest BCUT2D eigenvalue weighted by Crippen LogP contribution is -2.11. The predicted octanol–water partition coefficient (Wildman–Crippen LogP) is 4.25. The van der Waals surface area contributed by atoms with Crippen molar-refractivity contribution in [3.05, 3.63) is 60.2 Å². The van der Waals surface area contributed by atoms with Gasteiger partial charge in [0.15, 0.2) is 5.13 Å². The van der Waals surface area contributed by atoms with Crippen LogP contribution in [0, 0.1) is 0 Å². The van der Waals surface area contributed by atoms with Crippen molar-refractivity contribution in [3.63, 3.8) is 0 Å². The van der Waals surface area contributed by atoms with E-state index in [-0.39, 0.29) is 5.91 Å². The summed E-state index contributed by atoms with van der Waals surface area (Å²) >= 11 is 1.15. The Labute approximate surface area is 160 Å². The van der Waals surface area contributed by atoms with Crippen molar-refractivity contribution in [2.45, 2.75) is 0 Å². The van der Waals surface area contributed by atoms with Crippen LogP contribution in [-0.4, -0.2) is 31.2 Å². The molecule has 0 spiro atoms. The Kier molecular flexibility index (Phi) is 5.68. The van der Waals surface area contributed by atoms with E-state index in [4.69, 9.17) is 4.74 Å². The highest BCUT2D eigenvalue weighted by atomic mass is 32.1. The molecule has 7 nitrogen and oxygen atoms in total. The number of carbonyl (C=O) groups is 2. The van der Waals surface area contributed by atoms with E-state index < -0.39 is 6.09 Å². The summed E-state index contributed by atoms with van der Waals surface area (Å²) in [5.74, 6) is 0.354. The molecule has 0 bridgehead atoms. The Bertz CT molecular complexity index is 939. The molecule has 3 rings (SSSR count). The van der Waals surface area contributed by atoms with Gasteiger partial charge in [0, 0.05) is 11.1 Å². The third kappa shape index (κ3) is 4.42. The molecule has 0 aliphatic heterocycles. The van der Waals surface area contributed by atoms with Crippen LogP contribution < -0.4 is 15.4 Å². The molecule has 2 aromatic carbocycles. The van der Waals surface area contributed by atoms with Crippen LogP contribution in [0.25, 0.3) is 11.3 Å². The number of thiazole rings is 1. The van der Waals surface area contributed by atoms with Crippen LogP contribution in [0.15, 0.2) is 54.6 Å². The first-order valence-electron chi connectivity index (χ1n) is 7.97. The first kappa shape index (κ1) is 18.4. The van der Waals surface area contributed by atoms with E-state index in [0.717, 1.165) is 16.9 Å². The Morgan fingerprint density at radius 1 is 0.963 bits per heavy atom. The average molecular weight is 383 g/mol. The van der Waals surface area contributed by atoms with Crippen LogP contribution in [0.5, 0.6) is 5.75 Å². The molecule has 0 aliphatic rings. The van der Waals surface area contributed by atoms with Crippen molar-refractivity contribution in [2.75, 3.05) is 24.9 Å². The number of hydrogen-bond acceptors (Lipinski definition) is 6. The number of methoxy groups -OCH3 is 2. The van der Waals surface area contributed by atoms with E-state index >= 15 is 0 Å². The maximum absolute atomic E-state index is 12.5. The van der Waals surface area contributed by atoms with Crippen molar-refractivity contribution < 1.29 is 19.1 Å². The Morgan fingerprint density at radius 3 is 2.30 bits per heavy atom. The summed E-state index contributed by atoms with van der Waals surface area (Å²) < 4.78 is 9.74. The largest absolute Gasteiger partial charge is 0.497 e. The number of anilines is 2. The fourth-order valence-corrected chi connectivity index (χ4v) is 3.17. The summed E-state index contributed by atoms with van der Waals surface area (Å²) in [7, 11) is 2.84. The molecule has 0 radical (unpaired) electrons. The third-order valence-electron chi connectivity index (χ3n) is 3.65. The summed E-state index contributed by atoms with van der Waals surface area (Å²) in [5, 5.41) is 6.23. The predicted molar refractivity (Wildman–Crippen MR) is 105 cm³/mol. The monoisotopic (exact) mass is 383 g/mol. The quantitative estimate of drug-likeness (QED) is 0.687. The molecule has 1 aromatic heterocycles. The molecule has 27 heavy (non-hydrogen) atoms. The van der Waals surface area contributed by atoms with Gasteiger partial charge in [-0.25, -0.2) is 9.78 Å². The topological polar surface area (TPSA) is 89.6 Å². The molecule has 0 saturated heterocycles. The zero-order valence-corrected chi connectivity index (χ0v) is 15.5. The number of carbonyl (C=O) groups excluding carboxylic acids is 2. The lowest BCUT2D eigenvalue weighted by molar-refractivity contribution is 0.102. The van der Waals surface area contributed by atoms with Gasteiger partial charge in [-0.2, -0.15) is 0 Å². The fraction of sp³-hybridized carbons (Fsp3) is 0.105. The smallest absolute Gasteiger partial charge is 0.412 e. The van der Waals surface area contributed by atoms with Gasteiger partial charge in [-0.05, 0) is 24.3 Å². The third-order valence-corrected chi connectivity index (χ3v) is 4.53. The normalized spacial score (nSPS) is 10.1. The zero-order valence-electron chi connectivity index (χ0n) is 14.7. The summed E-state index contributed by atoms with van der Waals surface area (Å²) in [5.41, 5.74) is 1.83. The van der Waals surface area contributed by atoms with E-state index in [0.29, 0.717) is 27.1 Å². The highest BCUT2D eigenvalue weighted by molar-refractivity contribution is 7.20. The second-order valence-corrected chi connectivity index (χ2v) is 6.36. The molecule has 0 atom stereocenters. The molecule has 3 aromatic rings. The summed E-state index contributed by atoms with van der Waals surface area (Å²) in [6, 6.07) is 16.1. The minimum Gasteiger partial charge on any atom is -0.497 e. The highest BCUT2D eigenvalue weighted by Crippen LogP contribution is 2.36. The van der Waals surface area contributed by atoms with Crippen LogP contribution in [0.3, 0.4) is 0 Å². The van der Waals surface area contributed by atoms with Crippen molar-refractivity contribution >= 4 is 33.5 Å². The van der Waals surface area contributed by atoms with Gasteiger partial charge in [0.2, 0.25) is 0 Å². The van der Waals surface area contributed by atoms with E-state index in [1.54, 1.807) is 31.4 Å². The summed E-state index contributed by atoms with van der Waals surface area (Å²) in [4.78, 5) is 28.5. The van der Waals surface area contributed by atoms with Crippen LogP contribution in [0.1, 0.15) is 10.4 Å². The minimum absolute atomic E-state index is 0.310. The number of benzene rings is 2. The maximum atomic E-state index is 12.5. The second-order valence-electron chi connectivity index (χ2n) is 5.36. The molecule has 2 N–H and O–H groups in total. The van der Waals surface area contributed by atoms with Gasteiger partial charge in [0.1, 0.15) is 16.4 Å². The second kappa shape index (κ2) is 8.33. The van der Waals surface area contributed by atoms with E-state index in [1.165, 1.54) is 7.11 Å². The first-order valence-corrected chi connectivity index (χ1v) is 8.79. The van der Waals surface area contributed by atoms with E-state index in [2.05, 4.69) is 20.4 Å². The first-order chi connectivity index (χ1) is 13.1. The number of nitrogens with zero attached hydrogens (tertiary/aromatic N) is 1. The van der Waals surface area contributed by atoms with E-state index in [1.807, 2.05) is 30.3 Å². The number of ether oxygens (including phenoxy) is 2. The van der Waals surface area contributed by atoms with Gasteiger partial charge >= 0.3 is 6.09 Å². The van der Waals surface area contributed by atoms with Crippen molar-refractivity contribution in [1.82, 2.24) is 4.98 Å². The lowest BCUT2D eigenvalue weighted by atomic mass is 10.2. The number of hydrogen-bond donors (Lipinski definition) is 2. The van der Waals surface area contributed by atoms with Gasteiger partial charge in [-0.1, -0.05) is 41.7 Å². The van der Waals surface area contributed by atoms with Crippen LogP contribution in [0.2, 0.25) is 0 Å². The number of nitrogens with one attached hydrogen (secondary N) is 2. The molecule has 0 saturated carbocycles. The maximum Gasteiger partial charge on any atom is 0.412 e. The number of amides is 2. The van der Waals surface area contributed by atoms with Crippen LogP contribution >= 0.6 is 11.3 Å². The van der Waals surface area contributed by atoms with Gasteiger partial charge in [0.25, 0.3) is 5.91 Å². The average Bonchev–Trinajstić information content (AvgIpc) is 3.10. The van der Waals surface area contributed by atoms with E-state index in [9.17, 15) is 9.59 Å².